The molecule has 3 rings (SSSR count). The van der Waals surface area contributed by atoms with Gasteiger partial charge in [-0.25, -0.2) is 0 Å². The van der Waals surface area contributed by atoms with Crippen LogP contribution in [0.4, 0.5) is 0 Å². The van der Waals surface area contributed by atoms with Crippen molar-refractivity contribution in [1.29, 1.82) is 0 Å². The second kappa shape index (κ2) is 6.64. The van der Waals surface area contributed by atoms with E-state index in [0.717, 1.165) is 17.9 Å². The molecule has 2 heteroatoms. The van der Waals surface area contributed by atoms with Gasteiger partial charge in [-0.05, 0) is 67.5 Å². The summed E-state index contributed by atoms with van der Waals surface area (Å²) in [5.41, 5.74) is 5.76. The minimum absolute atomic E-state index is 0.421. The summed E-state index contributed by atoms with van der Waals surface area (Å²) in [6.07, 6.45) is 5.83. The zero-order valence-corrected chi connectivity index (χ0v) is 13.3. The fraction of sp³-hybridized carbons (Fsp3) is 0.368. The zero-order chi connectivity index (χ0) is 14.7. The fourth-order valence-corrected chi connectivity index (χ4v) is 3.46. The number of benzene rings is 2. The molecule has 0 aliphatic heterocycles. The number of nitrogens with one attached hydrogen (secondary N) is 1. The van der Waals surface area contributed by atoms with Crippen molar-refractivity contribution in [3.63, 3.8) is 0 Å². The van der Waals surface area contributed by atoms with Crippen LogP contribution in [-0.4, -0.2) is 13.1 Å². The van der Waals surface area contributed by atoms with Crippen molar-refractivity contribution < 1.29 is 0 Å². The lowest BCUT2D eigenvalue weighted by atomic mass is 9.97. The van der Waals surface area contributed by atoms with E-state index in [4.69, 9.17) is 11.6 Å². The van der Waals surface area contributed by atoms with Gasteiger partial charge in [0.25, 0.3) is 0 Å². The maximum Gasteiger partial charge on any atom is 0.0438 e. The Bertz CT molecular complexity index is 621. The van der Waals surface area contributed by atoms with E-state index in [0.29, 0.717) is 6.04 Å². The number of likely N-dealkylation sites (N-methyl/N-ethyl adjacent to an activating group) is 1. The molecule has 2 aromatic rings. The van der Waals surface area contributed by atoms with Crippen LogP contribution in [0.25, 0.3) is 0 Å². The van der Waals surface area contributed by atoms with Gasteiger partial charge in [-0.2, -0.15) is 0 Å². The lowest BCUT2D eigenvalue weighted by Gasteiger charge is -2.18. The van der Waals surface area contributed by atoms with Gasteiger partial charge in [0, 0.05) is 11.1 Å². The summed E-state index contributed by atoms with van der Waals surface area (Å²) in [7, 11) is 2.04. The van der Waals surface area contributed by atoms with E-state index >= 15 is 0 Å². The van der Waals surface area contributed by atoms with Crippen LogP contribution in [0.5, 0.6) is 0 Å². The minimum atomic E-state index is 0.421. The SMILES string of the molecule is CNC(Cc1ccc2c(c1)CCC2)Cc1ccccc1Cl. The molecule has 0 radical (unpaired) electrons. The lowest BCUT2D eigenvalue weighted by Crippen LogP contribution is -2.30. The Balaban J connectivity index is 1.71. The second-order valence-corrected chi connectivity index (χ2v) is 6.35. The maximum absolute atomic E-state index is 6.28. The lowest BCUT2D eigenvalue weighted by molar-refractivity contribution is 0.556. The summed E-state index contributed by atoms with van der Waals surface area (Å²) in [6.45, 7) is 0. The predicted octanol–water partition coefficient (Wildman–Crippen LogP) is 4.20. The first-order valence-electron chi connectivity index (χ1n) is 7.77. The first kappa shape index (κ1) is 14.6. The molecule has 1 aliphatic carbocycles. The molecule has 0 amide bonds. The Morgan fingerprint density at radius 1 is 1.05 bits per heavy atom. The van der Waals surface area contributed by atoms with Gasteiger partial charge < -0.3 is 5.32 Å². The molecule has 1 nitrogen and oxygen atoms in total. The van der Waals surface area contributed by atoms with Crippen molar-refractivity contribution in [2.45, 2.75) is 38.1 Å². The van der Waals surface area contributed by atoms with Gasteiger partial charge in [0.1, 0.15) is 0 Å². The Hall–Kier alpha value is -1.31. The summed E-state index contributed by atoms with van der Waals surface area (Å²) in [5.74, 6) is 0. The van der Waals surface area contributed by atoms with Gasteiger partial charge in [0.15, 0.2) is 0 Å². The number of hydrogen-bond donors (Lipinski definition) is 1. The summed E-state index contributed by atoms with van der Waals surface area (Å²) in [6, 6.07) is 15.6. The van der Waals surface area contributed by atoms with Gasteiger partial charge in [0.05, 0.1) is 0 Å². The van der Waals surface area contributed by atoms with E-state index in [9.17, 15) is 0 Å². The predicted molar refractivity (Wildman–Crippen MR) is 90.2 cm³/mol. The monoisotopic (exact) mass is 299 g/mol. The van der Waals surface area contributed by atoms with Crippen molar-refractivity contribution >= 4 is 11.6 Å². The van der Waals surface area contributed by atoms with E-state index in [1.54, 1.807) is 11.1 Å². The van der Waals surface area contributed by atoms with E-state index in [2.05, 4.69) is 35.6 Å². The van der Waals surface area contributed by atoms with Crippen LogP contribution in [0.1, 0.15) is 28.7 Å². The van der Waals surface area contributed by atoms with Crippen LogP contribution in [0.3, 0.4) is 0 Å². The molecule has 0 saturated heterocycles. The first-order chi connectivity index (χ1) is 10.3. The van der Waals surface area contributed by atoms with Crippen LogP contribution in [0.15, 0.2) is 42.5 Å². The van der Waals surface area contributed by atoms with Gasteiger partial charge in [0.2, 0.25) is 0 Å². The number of hydrogen-bond acceptors (Lipinski definition) is 1. The maximum atomic E-state index is 6.28. The minimum Gasteiger partial charge on any atom is -0.316 e. The molecule has 110 valence electrons. The molecule has 0 fully saturated rings. The van der Waals surface area contributed by atoms with Crippen molar-refractivity contribution in [2.75, 3.05) is 7.05 Å². The largest absolute Gasteiger partial charge is 0.316 e. The van der Waals surface area contributed by atoms with Crippen molar-refractivity contribution in [1.82, 2.24) is 5.32 Å². The fourth-order valence-electron chi connectivity index (χ4n) is 3.24. The zero-order valence-electron chi connectivity index (χ0n) is 12.5. The molecule has 0 aromatic heterocycles. The molecule has 0 spiro atoms. The van der Waals surface area contributed by atoms with Crippen LogP contribution in [0, 0.1) is 0 Å². The van der Waals surface area contributed by atoms with Gasteiger partial charge in [-0.15, -0.1) is 0 Å². The second-order valence-electron chi connectivity index (χ2n) is 5.94. The Labute approximate surface area is 132 Å². The number of halogens is 1. The Morgan fingerprint density at radius 2 is 1.86 bits per heavy atom. The molecule has 1 atom stereocenters. The van der Waals surface area contributed by atoms with E-state index in [1.165, 1.54) is 30.4 Å². The summed E-state index contributed by atoms with van der Waals surface area (Å²) in [5, 5.41) is 4.30. The topological polar surface area (TPSA) is 12.0 Å². The smallest absolute Gasteiger partial charge is 0.0438 e. The molecule has 0 saturated carbocycles. The average molecular weight is 300 g/mol. The molecule has 1 aliphatic rings. The molecular formula is C19H22ClN. The van der Waals surface area contributed by atoms with Crippen LogP contribution >= 0.6 is 11.6 Å². The third-order valence-corrected chi connectivity index (χ3v) is 4.85. The molecule has 0 heterocycles. The molecule has 0 bridgehead atoms. The number of aryl methyl sites for hydroxylation is 2. The average Bonchev–Trinajstić information content (AvgIpc) is 2.96. The van der Waals surface area contributed by atoms with Crippen molar-refractivity contribution in [3.8, 4) is 0 Å². The van der Waals surface area contributed by atoms with Crippen LogP contribution in [0.2, 0.25) is 5.02 Å². The van der Waals surface area contributed by atoms with Crippen molar-refractivity contribution in [3.05, 3.63) is 69.7 Å². The highest BCUT2D eigenvalue weighted by Crippen LogP contribution is 2.24. The highest BCUT2D eigenvalue weighted by Gasteiger charge is 2.14. The summed E-state index contributed by atoms with van der Waals surface area (Å²) < 4.78 is 0. The standard InChI is InChI=1S/C19H22ClN/c1-21-18(13-17-5-2-3-8-19(17)20)12-14-9-10-15-6-4-7-16(15)11-14/h2-3,5,8-11,18,21H,4,6-7,12-13H2,1H3. The molecule has 21 heavy (non-hydrogen) atoms. The normalized spacial score (nSPS) is 15.0. The van der Waals surface area contributed by atoms with Gasteiger partial charge in [-0.1, -0.05) is 48.0 Å². The van der Waals surface area contributed by atoms with Gasteiger partial charge >= 0.3 is 0 Å². The van der Waals surface area contributed by atoms with Crippen LogP contribution in [-0.2, 0) is 25.7 Å². The van der Waals surface area contributed by atoms with E-state index in [1.807, 2.05) is 19.2 Å². The summed E-state index contributed by atoms with van der Waals surface area (Å²) >= 11 is 6.28. The van der Waals surface area contributed by atoms with E-state index in [-0.39, 0.29) is 0 Å². The van der Waals surface area contributed by atoms with E-state index < -0.39 is 0 Å². The summed E-state index contributed by atoms with van der Waals surface area (Å²) in [4.78, 5) is 0. The molecule has 1 unspecified atom stereocenters. The highest BCUT2D eigenvalue weighted by atomic mass is 35.5. The van der Waals surface area contributed by atoms with Crippen molar-refractivity contribution in [2.24, 2.45) is 0 Å². The Kier molecular flexibility index (Phi) is 4.62. The van der Waals surface area contributed by atoms with Gasteiger partial charge in [-0.3, -0.25) is 0 Å². The Morgan fingerprint density at radius 3 is 2.67 bits per heavy atom. The third-order valence-electron chi connectivity index (χ3n) is 4.48. The third kappa shape index (κ3) is 3.48. The molecule has 2 aromatic carbocycles. The quantitative estimate of drug-likeness (QED) is 0.872. The molecular weight excluding hydrogens is 278 g/mol. The number of rotatable bonds is 5. The highest BCUT2D eigenvalue weighted by molar-refractivity contribution is 6.31. The molecule has 1 N–H and O–H groups in total. The van der Waals surface area contributed by atoms with Crippen LogP contribution < -0.4 is 5.32 Å². The number of fused-ring (bicyclic) bond motifs is 1. The first-order valence-corrected chi connectivity index (χ1v) is 8.15.